The Hall–Kier alpha value is -0.670. The van der Waals surface area contributed by atoms with E-state index in [1.54, 1.807) is 20.3 Å². The van der Waals surface area contributed by atoms with Crippen molar-refractivity contribution in [2.75, 3.05) is 14.2 Å². The van der Waals surface area contributed by atoms with E-state index in [4.69, 9.17) is 9.47 Å². The van der Waals surface area contributed by atoms with Gasteiger partial charge in [0.15, 0.2) is 0 Å². The molecule has 0 N–H and O–H groups in total. The number of ether oxygens (including phenoxy) is 2. The van der Waals surface area contributed by atoms with Gasteiger partial charge in [-0.1, -0.05) is 6.08 Å². The number of carbonyl (C=O) groups is 1. The van der Waals surface area contributed by atoms with Crippen LogP contribution in [-0.4, -0.2) is 32.2 Å². The van der Waals surface area contributed by atoms with E-state index in [9.17, 15) is 4.79 Å². The summed E-state index contributed by atoms with van der Waals surface area (Å²) in [4.78, 5) is 10.6. The molecule has 1 aliphatic rings. The lowest BCUT2D eigenvalue weighted by molar-refractivity contribution is -0.187. The van der Waals surface area contributed by atoms with E-state index in [0.717, 1.165) is 12.7 Å². The van der Waals surface area contributed by atoms with Gasteiger partial charge in [-0.25, -0.2) is 0 Å². The van der Waals surface area contributed by atoms with Crippen LogP contribution in [-0.2, 0) is 14.3 Å². The topological polar surface area (TPSA) is 35.5 Å². The van der Waals surface area contributed by atoms with Gasteiger partial charge in [-0.3, -0.25) is 0 Å². The van der Waals surface area contributed by atoms with Crippen LogP contribution < -0.4 is 0 Å². The van der Waals surface area contributed by atoms with Crippen molar-refractivity contribution in [3.63, 3.8) is 0 Å². The third kappa shape index (κ3) is 1.01. The van der Waals surface area contributed by atoms with E-state index in [1.165, 1.54) is 0 Å². The van der Waals surface area contributed by atoms with Crippen molar-refractivity contribution in [3.05, 3.63) is 12.7 Å². The molecule has 12 heavy (non-hydrogen) atoms. The molecule has 1 aliphatic carbocycles. The van der Waals surface area contributed by atoms with Gasteiger partial charge in [0, 0.05) is 14.2 Å². The van der Waals surface area contributed by atoms with E-state index in [-0.39, 0.29) is 12.0 Å². The first kappa shape index (κ1) is 9.42. The standard InChI is InChI=1S/C9H14O3/c1-4-9(12-3)7(6-10)5-8(9)11-2/h4,6-8H,1,5H2,2-3H3. The summed E-state index contributed by atoms with van der Waals surface area (Å²) in [5.74, 6) is -0.107. The largest absolute Gasteiger partial charge is 0.378 e. The zero-order valence-corrected chi connectivity index (χ0v) is 7.45. The van der Waals surface area contributed by atoms with Crippen LogP contribution in [0.3, 0.4) is 0 Å². The van der Waals surface area contributed by atoms with Gasteiger partial charge in [0.05, 0.1) is 12.0 Å². The van der Waals surface area contributed by atoms with Gasteiger partial charge in [0.1, 0.15) is 11.9 Å². The number of carbonyl (C=O) groups excluding carboxylic acids is 1. The maximum atomic E-state index is 10.6. The summed E-state index contributed by atoms with van der Waals surface area (Å²) in [6.45, 7) is 3.66. The SMILES string of the molecule is C=CC1(OC)C(C=O)CC1OC. The van der Waals surface area contributed by atoms with Crippen molar-refractivity contribution < 1.29 is 14.3 Å². The van der Waals surface area contributed by atoms with Crippen molar-refractivity contribution in [2.24, 2.45) is 5.92 Å². The van der Waals surface area contributed by atoms with Crippen molar-refractivity contribution in [1.29, 1.82) is 0 Å². The van der Waals surface area contributed by atoms with E-state index < -0.39 is 5.60 Å². The maximum Gasteiger partial charge on any atom is 0.126 e. The molecule has 1 saturated carbocycles. The summed E-state index contributed by atoms with van der Waals surface area (Å²) in [5, 5.41) is 0. The molecular weight excluding hydrogens is 156 g/mol. The summed E-state index contributed by atoms with van der Waals surface area (Å²) in [5.41, 5.74) is -0.587. The maximum absolute atomic E-state index is 10.6. The zero-order valence-electron chi connectivity index (χ0n) is 7.45. The number of hydrogen-bond acceptors (Lipinski definition) is 3. The molecule has 0 spiro atoms. The smallest absolute Gasteiger partial charge is 0.126 e. The van der Waals surface area contributed by atoms with Crippen molar-refractivity contribution in [3.8, 4) is 0 Å². The Morgan fingerprint density at radius 3 is 2.58 bits per heavy atom. The molecule has 0 aromatic rings. The highest BCUT2D eigenvalue weighted by Gasteiger charge is 2.54. The van der Waals surface area contributed by atoms with E-state index in [0.29, 0.717) is 0 Å². The number of rotatable bonds is 4. The van der Waals surface area contributed by atoms with Gasteiger partial charge >= 0.3 is 0 Å². The summed E-state index contributed by atoms with van der Waals surface area (Å²) >= 11 is 0. The van der Waals surface area contributed by atoms with Gasteiger partial charge < -0.3 is 14.3 Å². The molecule has 3 atom stereocenters. The highest BCUT2D eigenvalue weighted by molar-refractivity contribution is 5.60. The third-order valence-corrected chi connectivity index (χ3v) is 2.67. The second-order valence-electron chi connectivity index (χ2n) is 2.96. The Bertz CT molecular complexity index is 190. The zero-order chi connectivity index (χ0) is 9.19. The van der Waals surface area contributed by atoms with Gasteiger partial charge in [0.2, 0.25) is 0 Å². The van der Waals surface area contributed by atoms with Gasteiger partial charge in [-0.2, -0.15) is 0 Å². The molecule has 0 aliphatic heterocycles. The number of aldehydes is 1. The number of methoxy groups -OCH3 is 2. The van der Waals surface area contributed by atoms with Gasteiger partial charge in [0.25, 0.3) is 0 Å². The van der Waals surface area contributed by atoms with Crippen LogP contribution in [0.4, 0.5) is 0 Å². The van der Waals surface area contributed by atoms with Crippen LogP contribution in [0.1, 0.15) is 6.42 Å². The lowest BCUT2D eigenvalue weighted by atomic mass is 9.67. The minimum absolute atomic E-state index is 0.0322. The van der Waals surface area contributed by atoms with Crippen LogP contribution >= 0.6 is 0 Å². The molecule has 0 saturated heterocycles. The van der Waals surface area contributed by atoms with E-state index >= 15 is 0 Å². The second kappa shape index (κ2) is 3.37. The molecule has 0 radical (unpaired) electrons. The van der Waals surface area contributed by atoms with Crippen molar-refractivity contribution in [2.45, 2.75) is 18.1 Å². The average molecular weight is 170 g/mol. The fourth-order valence-electron chi connectivity index (χ4n) is 1.77. The first-order valence-corrected chi connectivity index (χ1v) is 3.92. The van der Waals surface area contributed by atoms with Crippen molar-refractivity contribution >= 4 is 6.29 Å². The predicted octanol–water partition coefficient (Wildman–Crippen LogP) is 0.791. The molecule has 1 rings (SSSR count). The van der Waals surface area contributed by atoms with Crippen LogP contribution in [0.5, 0.6) is 0 Å². The summed E-state index contributed by atoms with van der Waals surface area (Å²) in [6, 6.07) is 0. The highest BCUT2D eigenvalue weighted by Crippen LogP contribution is 2.42. The summed E-state index contributed by atoms with van der Waals surface area (Å²) in [6.07, 6.45) is 3.25. The molecule has 0 amide bonds. The van der Waals surface area contributed by atoms with Gasteiger partial charge in [-0.15, -0.1) is 6.58 Å². The molecule has 0 bridgehead atoms. The first-order valence-electron chi connectivity index (χ1n) is 3.92. The molecule has 0 aromatic carbocycles. The van der Waals surface area contributed by atoms with Crippen molar-refractivity contribution in [1.82, 2.24) is 0 Å². The number of hydrogen-bond donors (Lipinski definition) is 0. The van der Waals surface area contributed by atoms with Gasteiger partial charge in [-0.05, 0) is 6.42 Å². The van der Waals surface area contributed by atoms with Crippen LogP contribution in [0.15, 0.2) is 12.7 Å². The van der Waals surface area contributed by atoms with Crippen LogP contribution in [0.25, 0.3) is 0 Å². The molecule has 0 heterocycles. The summed E-state index contributed by atoms with van der Waals surface area (Å²) in [7, 11) is 3.19. The molecular formula is C9H14O3. The second-order valence-corrected chi connectivity index (χ2v) is 2.96. The Labute approximate surface area is 72.4 Å². The summed E-state index contributed by atoms with van der Waals surface area (Å²) < 4.78 is 10.4. The molecule has 0 aromatic heterocycles. The fourth-order valence-corrected chi connectivity index (χ4v) is 1.77. The van der Waals surface area contributed by atoms with E-state index in [2.05, 4.69) is 6.58 Å². The Balaban J connectivity index is 2.78. The van der Waals surface area contributed by atoms with E-state index in [1.807, 2.05) is 0 Å². The lowest BCUT2D eigenvalue weighted by Crippen LogP contribution is -2.60. The quantitative estimate of drug-likeness (QED) is 0.462. The Kier molecular flexibility index (Phi) is 2.65. The molecule has 1 fully saturated rings. The first-order chi connectivity index (χ1) is 5.75. The third-order valence-electron chi connectivity index (χ3n) is 2.67. The molecule has 3 heteroatoms. The minimum atomic E-state index is -0.587. The molecule has 3 nitrogen and oxygen atoms in total. The normalized spacial score (nSPS) is 40.2. The Morgan fingerprint density at radius 2 is 2.25 bits per heavy atom. The minimum Gasteiger partial charge on any atom is -0.378 e. The molecule has 3 unspecified atom stereocenters. The molecule has 68 valence electrons. The van der Waals surface area contributed by atoms with Crippen LogP contribution in [0, 0.1) is 5.92 Å². The van der Waals surface area contributed by atoms with Crippen LogP contribution in [0.2, 0.25) is 0 Å². The lowest BCUT2D eigenvalue weighted by Gasteiger charge is -2.49. The Morgan fingerprint density at radius 1 is 1.58 bits per heavy atom. The predicted molar refractivity (Wildman–Crippen MR) is 44.9 cm³/mol. The fraction of sp³-hybridized carbons (Fsp3) is 0.667. The highest BCUT2D eigenvalue weighted by atomic mass is 16.5. The monoisotopic (exact) mass is 170 g/mol. The average Bonchev–Trinajstić information content (AvgIpc) is 2.07.